The number of carbonyl (C=O) groups excluding carboxylic acids is 1. The lowest BCUT2D eigenvalue weighted by atomic mass is 10.0. The monoisotopic (exact) mass is 528 g/mol. The third kappa shape index (κ3) is 4.52. The molecule has 8 nitrogen and oxygen atoms in total. The molecular weight excluding hydrogens is 500 g/mol. The Morgan fingerprint density at radius 3 is 2.58 bits per heavy atom. The number of amides is 1. The van der Waals surface area contributed by atoms with E-state index >= 15 is 0 Å². The molecule has 2 aliphatic rings. The minimum absolute atomic E-state index is 0.103. The predicted molar refractivity (Wildman–Crippen MR) is 146 cm³/mol. The van der Waals surface area contributed by atoms with Crippen LogP contribution in [0.4, 0.5) is 11.5 Å². The van der Waals surface area contributed by atoms with E-state index in [0.717, 1.165) is 52.4 Å². The SMILES string of the molecule is Cc1ccc(N(Cc2ccc3c4c(c(N)nc3c2)COC4)C(=O)c2ccc(C3CC3)nc2)c(S(C)(=O)=O)c1. The van der Waals surface area contributed by atoms with Gasteiger partial charge in [0.25, 0.3) is 5.91 Å². The van der Waals surface area contributed by atoms with Crippen molar-refractivity contribution in [2.45, 2.75) is 50.3 Å². The molecule has 3 heterocycles. The summed E-state index contributed by atoms with van der Waals surface area (Å²) in [5.74, 6) is 0.576. The average Bonchev–Trinajstić information content (AvgIpc) is 3.62. The lowest BCUT2D eigenvalue weighted by molar-refractivity contribution is 0.0984. The summed E-state index contributed by atoms with van der Waals surface area (Å²) in [4.78, 5) is 24.6. The summed E-state index contributed by atoms with van der Waals surface area (Å²) in [6, 6.07) is 14.6. The molecule has 0 unspecified atom stereocenters. The van der Waals surface area contributed by atoms with Crippen LogP contribution in [0.3, 0.4) is 0 Å². The summed E-state index contributed by atoms with van der Waals surface area (Å²) in [6.07, 6.45) is 4.97. The first-order valence-electron chi connectivity index (χ1n) is 12.5. The number of nitrogens with two attached hydrogens (primary N) is 1. The molecular formula is C29H28N4O4S. The third-order valence-corrected chi connectivity index (χ3v) is 8.34. The largest absolute Gasteiger partial charge is 0.383 e. The van der Waals surface area contributed by atoms with Crippen LogP contribution in [0.15, 0.2) is 59.6 Å². The van der Waals surface area contributed by atoms with Gasteiger partial charge in [-0.15, -0.1) is 0 Å². The zero-order chi connectivity index (χ0) is 26.6. The topological polar surface area (TPSA) is 115 Å². The quantitative estimate of drug-likeness (QED) is 0.386. The first kappa shape index (κ1) is 24.5. The highest BCUT2D eigenvalue weighted by Gasteiger charge is 2.28. The zero-order valence-electron chi connectivity index (χ0n) is 21.3. The standard InChI is InChI=1S/C29H28N4O4S/c1-17-3-10-26(27(11-17)38(2,35)36)33(29(34)20-7-9-24(31-13-20)19-5-6-19)14-18-4-8-21-22-15-37-16-23(22)28(30)32-25(21)12-18/h3-4,7-13,19H,5-6,14-16H2,1-2H3,(H2,30,32). The normalized spacial score (nSPS) is 15.0. The number of aromatic nitrogens is 2. The van der Waals surface area contributed by atoms with Gasteiger partial charge >= 0.3 is 0 Å². The molecule has 194 valence electrons. The molecule has 1 fully saturated rings. The van der Waals surface area contributed by atoms with Gasteiger partial charge in [0.2, 0.25) is 0 Å². The Morgan fingerprint density at radius 1 is 1.08 bits per heavy atom. The van der Waals surface area contributed by atoms with Crippen LogP contribution in [0.25, 0.3) is 10.9 Å². The molecule has 4 aromatic rings. The van der Waals surface area contributed by atoms with Crippen molar-refractivity contribution < 1.29 is 17.9 Å². The fourth-order valence-electron chi connectivity index (χ4n) is 5.02. The Labute approximate surface area is 221 Å². The van der Waals surface area contributed by atoms with Gasteiger partial charge in [-0.25, -0.2) is 13.4 Å². The van der Waals surface area contributed by atoms with E-state index in [1.807, 2.05) is 37.3 Å². The van der Waals surface area contributed by atoms with Crippen molar-refractivity contribution >= 4 is 38.2 Å². The van der Waals surface area contributed by atoms with Crippen molar-refractivity contribution in [2.24, 2.45) is 0 Å². The molecule has 2 aromatic carbocycles. The molecule has 1 aliphatic carbocycles. The van der Waals surface area contributed by atoms with Gasteiger partial charge in [-0.05, 0) is 66.8 Å². The highest BCUT2D eigenvalue weighted by atomic mass is 32.2. The number of benzene rings is 2. The fraction of sp³-hybridized carbons (Fsp3) is 0.276. The van der Waals surface area contributed by atoms with Gasteiger partial charge in [0.05, 0.1) is 41.4 Å². The summed E-state index contributed by atoms with van der Waals surface area (Å²) in [5.41, 5.74) is 12.1. The predicted octanol–water partition coefficient (Wildman–Crippen LogP) is 4.68. The van der Waals surface area contributed by atoms with E-state index in [4.69, 9.17) is 10.5 Å². The maximum Gasteiger partial charge on any atom is 0.260 e. The number of hydrogen-bond acceptors (Lipinski definition) is 7. The third-order valence-electron chi connectivity index (χ3n) is 7.21. The molecule has 0 bridgehead atoms. The van der Waals surface area contributed by atoms with E-state index in [-0.39, 0.29) is 17.3 Å². The second-order valence-corrected chi connectivity index (χ2v) is 12.2. The molecule has 1 amide bonds. The van der Waals surface area contributed by atoms with Crippen molar-refractivity contribution in [2.75, 3.05) is 16.9 Å². The number of fused-ring (bicyclic) bond motifs is 3. The number of pyridine rings is 2. The molecule has 1 aliphatic heterocycles. The smallest absolute Gasteiger partial charge is 0.260 e. The van der Waals surface area contributed by atoms with Gasteiger partial charge in [0, 0.05) is 35.0 Å². The molecule has 2 aromatic heterocycles. The number of rotatable bonds is 6. The van der Waals surface area contributed by atoms with Crippen molar-refractivity contribution in [3.8, 4) is 0 Å². The van der Waals surface area contributed by atoms with Gasteiger partial charge in [-0.2, -0.15) is 0 Å². The van der Waals surface area contributed by atoms with Crippen LogP contribution >= 0.6 is 0 Å². The van der Waals surface area contributed by atoms with Crippen LogP contribution in [0, 0.1) is 6.92 Å². The van der Waals surface area contributed by atoms with Crippen LogP contribution < -0.4 is 10.6 Å². The number of hydrogen-bond donors (Lipinski definition) is 1. The number of sulfone groups is 1. The Balaban J connectivity index is 1.44. The second-order valence-electron chi connectivity index (χ2n) is 10.2. The van der Waals surface area contributed by atoms with Crippen LogP contribution in [0.2, 0.25) is 0 Å². The summed E-state index contributed by atoms with van der Waals surface area (Å²) in [7, 11) is -3.62. The van der Waals surface area contributed by atoms with Crippen LogP contribution in [-0.4, -0.2) is 30.5 Å². The Hall–Kier alpha value is -3.82. The Bertz CT molecular complexity index is 1700. The molecule has 0 atom stereocenters. The van der Waals surface area contributed by atoms with Crippen molar-refractivity contribution in [3.05, 3.63) is 88.2 Å². The van der Waals surface area contributed by atoms with Gasteiger partial charge in [-0.3, -0.25) is 9.78 Å². The van der Waals surface area contributed by atoms with Gasteiger partial charge < -0.3 is 15.4 Å². The average molecular weight is 529 g/mol. The van der Waals surface area contributed by atoms with E-state index < -0.39 is 9.84 Å². The maximum absolute atomic E-state index is 13.9. The van der Waals surface area contributed by atoms with E-state index in [1.165, 1.54) is 4.90 Å². The van der Waals surface area contributed by atoms with Gasteiger partial charge in [0.15, 0.2) is 9.84 Å². The first-order chi connectivity index (χ1) is 18.2. The summed E-state index contributed by atoms with van der Waals surface area (Å²) >= 11 is 0. The van der Waals surface area contributed by atoms with E-state index in [2.05, 4.69) is 9.97 Å². The summed E-state index contributed by atoms with van der Waals surface area (Å²) < 4.78 is 31.1. The van der Waals surface area contributed by atoms with E-state index in [1.54, 1.807) is 24.4 Å². The number of nitrogens with zero attached hydrogens (tertiary/aromatic N) is 3. The van der Waals surface area contributed by atoms with Crippen LogP contribution in [0.5, 0.6) is 0 Å². The number of aryl methyl sites for hydroxylation is 1. The van der Waals surface area contributed by atoms with Crippen molar-refractivity contribution in [3.63, 3.8) is 0 Å². The minimum atomic E-state index is -3.62. The second kappa shape index (κ2) is 9.18. The lowest BCUT2D eigenvalue weighted by Gasteiger charge is -2.26. The molecule has 6 rings (SSSR count). The van der Waals surface area contributed by atoms with E-state index in [0.29, 0.717) is 41.7 Å². The van der Waals surface area contributed by atoms with Crippen molar-refractivity contribution in [1.29, 1.82) is 0 Å². The van der Waals surface area contributed by atoms with E-state index in [9.17, 15) is 13.2 Å². The van der Waals surface area contributed by atoms with Crippen LogP contribution in [0.1, 0.15) is 57.1 Å². The Morgan fingerprint density at radius 2 is 1.87 bits per heavy atom. The number of carbonyl (C=O) groups is 1. The van der Waals surface area contributed by atoms with Crippen LogP contribution in [-0.2, 0) is 34.3 Å². The number of ether oxygens (including phenoxy) is 1. The molecule has 0 radical (unpaired) electrons. The highest BCUT2D eigenvalue weighted by Crippen LogP contribution is 2.39. The first-order valence-corrected chi connectivity index (χ1v) is 14.4. The summed E-state index contributed by atoms with van der Waals surface area (Å²) in [6.45, 7) is 2.89. The van der Waals surface area contributed by atoms with Gasteiger partial charge in [-0.1, -0.05) is 18.2 Å². The number of anilines is 2. The molecule has 38 heavy (non-hydrogen) atoms. The highest BCUT2D eigenvalue weighted by molar-refractivity contribution is 7.90. The molecule has 1 saturated carbocycles. The zero-order valence-corrected chi connectivity index (χ0v) is 22.1. The Kier molecular flexibility index (Phi) is 5.92. The molecule has 0 spiro atoms. The van der Waals surface area contributed by atoms with Gasteiger partial charge in [0.1, 0.15) is 5.82 Å². The molecule has 0 saturated heterocycles. The maximum atomic E-state index is 13.9. The van der Waals surface area contributed by atoms with Crippen molar-refractivity contribution in [1.82, 2.24) is 9.97 Å². The summed E-state index contributed by atoms with van der Waals surface area (Å²) in [5, 5.41) is 0.959. The number of nitrogen functional groups attached to an aromatic ring is 1. The molecule has 2 N–H and O–H groups in total. The lowest BCUT2D eigenvalue weighted by Crippen LogP contribution is -2.32. The minimum Gasteiger partial charge on any atom is -0.383 e. The fourth-order valence-corrected chi connectivity index (χ4v) is 5.98. The molecule has 9 heteroatoms.